The topological polar surface area (TPSA) is 114 Å². The van der Waals surface area contributed by atoms with Gasteiger partial charge < -0.3 is 15.4 Å². The highest BCUT2D eigenvalue weighted by Gasteiger charge is 2.23. The molecular formula is C21H23N3O5S. The number of rotatable bonds is 6. The van der Waals surface area contributed by atoms with Crippen molar-refractivity contribution in [2.75, 3.05) is 5.32 Å². The van der Waals surface area contributed by atoms with Gasteiger partial charge in [-0.2, -0.15) is 0 Å². The second-order valence-electron chi connectivity index (χ2n) is 7.00. The summed E-state index contributed by atoms with van der Waals surface area (Å²) in [4.78, 5) is 48.8. The fourth-order valence-electron chi connectivity index (χ4n) is 3.08. The van der Waals surface area contributed by atoms with E-state index in [2.05, 4.69) is 16.0 Å². The second-order valence-corrected chi connectivity index (χ2v) is 7.95. The quantitative estimate of drug-likeness (QED) is 0.610. The minimum absolute atomic E-state index is 0.0782. The molecule has 1 aromatic heterocycles. The lowest BCUT2D eigenvalue weighted by atomic mass is 10.2. The van der Waals surface area contributed by atoms with Crippen LogP contribution in [0.25, 0.3) is 0 Å². The number of carbonyl (C=O) groups excluding carboxylic acids is 4. The molecule has 8 nitrogen and oxygen atoms in total. The SMILES string of the molecule is CC(OC(=O)c1ccc(NC(=O)c2cccs2)cc1)C(=O)NC(=O)NC1CCCC1. The molecule has 3 N–H and O–H groups in total. The monoisotopic (exact) mass is 429 g/mol. The minimum atomic E-state index is -1.13. The number of carbonyl (C=O) groups is 4. The van der Waals surface area contributed by atoms with Gasteiger partial charge in [0.1, 0.15) is 0 Å². The highest BCUT2D eigenvalue weighted by atomic mass is 32.1. The highest BCUT2D eigenvalue weighted by Crippen LogP contribution is 2.17. The molecule has 0 spiro atoms. The maximum absolute atomic E-state index is 12.3. The molecule has 1 heterocycles. The Labute approximate surface area is 178 Å². The maximum atomic E-state index is 12.3. The van der Waals surface area contributed by atoms with E-state index in [-0.39, 0.29) is 17.5 Å². The van der Waals surface area contributed by atoms with Crippen molar-refractivity contribution < 1.29 is 23.9 Å². The first-order valence-electron chi connectivity index (χ1n) is 9.69. The third-order valence-corrected chi connectivity index (χ3v) is 5.57. The number of esters is 1. The van der Waals surface area contributed by atoms with Crippen molar-refractivity contribution >= 4 is 40.8 Å². The van der Waals surface area contributed by atoms with Gasteiger partial charge in [-0.3, -0.25) is 14.9 Å². The molecule has 1 saturated carbocycles. The van der Waals surface area contributed by atoms with E-state index >= 15 is 0 Å². The van der Waals surface area contributed by atoms with Gasteiger partial charge in [-0.15, -0.1) is 11.3 Å². The van der Waals surface area contributed by atoms with Crippen LogP contribution in [0.1, 0.15) is 52.6 Å². The van der Waals surface area contributed by atoms with Crippen LogP contribution in [0, 0.1) is 0 Å². The van der Waals surface area contributed by atoms with Gasteiger partial charge in [-0.25, -0.2) is 9.59 Å². The fraction of sp³-hybridized carbons (Fsp3) is 0.333. The summed E-state index contributed by atoms with van der Waals surface area (Å²) in [7, 11) is 0. The Morgan fingerprint density at radius 2 is 1.77 bits per heavy atom. The van der Waals surface area contributed by atoms with Crippen LogP contribution < -0.4 is 16.0 Å². The molecule has 30 heavy (non-hydrogen) atoms. The zero-order chi connectivity index (χ0) is 21.5. The summed E-state index contributed by atoms with van der Waals surface area (Å²) >= 11 is 1.33. The average molecular weight is 429 g/mol. The van der Waals surface area contributed by atoms with E-state index in [9.17, 15) is 19.2 Å². The molecule has 1 aliphatic carbocycles. The minimum Gasteiger partial charge on any atom is -0.449 e. The van der Waals surface area contributed by atoms with Crippen molar-refractivity contribution in [3.8, 4) is 0 Å². The van der Waals surface area contributed by atoms with Gasteiger partial charge in [0.25, 0.3) is 11.8 Å². The Balaban J connectivity index is 1.47. The van der Waals surface area contributed by atoms with Crippen LogP contribution >= 0.6 is 11.3 Å². The Morgan fingerprint density at radius 3 is 2.40 bits per heavy atom. The molecule has 158 valence electrons. The molecule has 1 unspecified atom stereocenters. The molecule has 0 aliphatic heterocycles. The van der Waals surface area contributed by atoms with Gasteiger partial charge in [-0.1, -0.05) is 18.9 Å². The summed E-state index contributed by atoms with van der Waals surface area (Å²) < 4.78 is 5.13. The number of hydrogen-bond donors (Lipinski definition) is 3. The van der Waals surface area contributed by atoms with Crippen molar-refractivity contribution in [2.24, 2.45) is 0 Å². The summed E-state index contributed by atoms with van der Waals surface area (Å²) in [5.41, 5.74) is 0.749. The largest absolute Gasteiger partial charge is 0.449 e. The van der Waals surface area contributed by atoms with Gasteiger partial charge in [0, 0.05) is 11.7 Å². The van der Waals surface area contributed by atoms with E-state index < -0.39 is 24.0 Å². The number of imide groups is 1. The third kappa shape index (κ3) is 5.90. The summed E-state index contributed by atoms with van der Waals surface area (Å²) in [6, 6.07) is 9.12. The molecule has 0 bridgehead atoms. The summed E-state index contributed by atoms with van der Waals surface area (Å²) in [6.45, 7) is 1.39. The van der Waals surface area contributed by atoms with E-state index in [1.54, 1.807) is 24.3 Å². The van der Waals surface area contributed by atoms with Gasteiger partial charge >= 0.3 is 12.0 Å². The fourth-order valence-corrected chi connectivity index (χ4v) is 3.70. The Morgan fingerprint density at radius 1 is 1.07 bits per heavy atom. The zero-order valence-corrected chi connectivity index (χ0v) is 17.3. The Hall–Kier alpha value is -3.20. The molecule has 0 saturated heterocycles. The van der Waals surface area contributed by atoms with E-state index in [1.807, 2.05) is 5.38 Å². The Kier molecular flexibility index (Phi) is 7.18. The number of nitrogens with one attached hydrogen (secondary N) is 3. The lowest BCUT2D eigenvalue weighted by Gasteiger charge is -2.15. The second kappa shape index (κ2) is 10.0. The van der Waals surface area contributed by atoms with E-state index in [4.69, 9.17) is 4.74 Å². The number of thiophene rings is 1. The predicted octanol–water partition coefficient (Wildman–Crippen LogP) is 3.31. The smallest absolute Gasteiger partial charge is 0.338 e. The number of anilines is 1. The van der Waals surface area contributed by atoms with Gasteiger partial charge in [0.15, 0.2) is 6.10 Å². The van der Waals surface area contributed by atoms with E-state index in [0.29, 0.717) is 10.6 Å². The summed E-state index contributed by atoms with van der Waals surface area (Å²) in [5, 5.41) is 9.47. The molecule has 1 aliphatic rings. The molecule has 3 rings (SSSR count). The van der Waals surface area contributed by atoms with Crippen molar-refractivity contribution in [3.05, 3.63) is 52.2 Å². The Bertz CT molecular complexity index is 905. The standard InChI is InChI=1S/C21H23N3O5S/c1-13(18(25)24-21(28)23-15-5-2-3-6-15)29-20(27)14-8-10-16(11-9-14)22-19(26)17-7-4-12-30-17/h4,7-13,15H,2-3,5-6H2,1H3,(H,22,26)(H2,23,24,25,28). The molecule has 1 fully saturated rings. The van der Waals surface area contributed by atoms with Gasteiger partial charge in [-0.05, 0) is 55.5 Å². The van der Waals surface area contributed by atoms with E-state index in [0.717, 1.165) is 25.7 Å². The third-order valence-electron chi connectivity index (χ3n) is 4.70. The maximum Gasteiger partial charge on any atom is 0.338 e. The highest BCUT2D eigenvalue weighted by molar-refractivity contribution is 7.12. The first kappa shape index (κ1) is 21.5. The van der Waals surface area contributed by atoms with Crippen LogP contribution in [-0.4, -0.2) is 36.0 Å². The first-order chi connectivity index (χ1) is 14.4. The zero-order valence-electron chi connectivity index (χ0n) is 16.5. The van der Waals surface area contributed by atoms with Crippen LogP contribution in [0.4, 0.5) is 10.5 Å². The molecular weight excluding hydrogens is 406 g/mol. The van der Waals surface area contributed by atoms with Crippen LogP contribution in [0.2, 0.25) is 0 Å². The average Bonchev–Trinajstić information content (AvgIpc) is 3.42. The lowest BCUT2D eigenvalue weighted by molar-refractivity contribution is -0.127. The molecule has 9 heteroatoms. The summed E-state index contributed by atoms with van der Waals surface area (Å²) in [6.07, 6.45) is 2.78. The number of amides is 4. The van der Waals surface area contributed by atoms with Crippen molar-refractivity contribution in [3.63, 3.8) is 0 Å². The lowest BCUT2D eigenvalue weighted by Crippen LogP contribution is -2.47. The first-order valence-corrected chi connectivity index (χ1v) is 10.6. The molecule has 0 radical (unpaired) electrons. The predicted molar refractivity (Wildman–Crippen MR) is 113 cm³/mol. The molecule has 2 aromatic rings. The van der Waals surface area contributed by atoms with Gasteiger partial charge in [0.05, 0.1) is 10.4 Å². The van der Waals surface area contributed by atoms with E-state index in [1.165, 1.54) is 30.4 Å². The van der Waals surface area contributed by atoms with Crippen molar-refractivity contribution in [2.45, 2.75) is 44.8 Å². The van der Waals surface area contributed by atoms with Crippen LogP contribution in [0.5, 0.6) is 0 Å². The summed E-state index contributed by atoms with van der Waals surface area (Å²) in [5.74, 6) is -1.63. The van der Waals surface area contributed by atoms with Crippen molar-refractivity contribution in [1.82, 2.24) is 10.6 Å². The van der Waals surface area contributed by atoms with Crippen LogP contribution in [0.3, 0.4) is 0 Å². The molecule has 1 aromatic carbocycles. The number of ether oxygens (including phenoxy) is 1. The number of benzene rings is 1. The number of urea groups is 1. The van der Waals surface area contributed by atoms with Crippen LogP contribution in [0.15, 0.2) is 41.8 Å². The van der Waals surface area contributed by atoms with Crippen LogP contribution in [-0.2, 0) is 9.53 Å². The van der Waals surface area contributed by atoms with Crippen molar-refractivity contribution in [1.29, 1.82) is 0 Å². The normalized spacial score (nSPS) is 14.6. The number of hydrogen-bond acceptors (Lipinski definition) is 6. The molecule has 1 atom stereocenters. The van der Waals surface area contributed by atoms with Gasteiger partial charge in [0.2, 0.25) is 0 Å². The molecule has 4 amide bonds.